The number of halogens is 2. The number of anilines is 1. The number of sulfonamides is 1. The Morgan fingerprint density at radius 3 is 2.60 bits per heavy atom. The first kappa shape index (κ1) is 20.1. The molecule has 140 valence electrons. The second-order valence-corrected chi connectivity index (χ2v) is 8.25. The molecule has 25 heavy (non-hydrogen) atoms. The van der Waals surface area contributed by atoms with Crippen molar-refractivity contribution in [2.75, 3.05) is 11.9 Å². The molecule has 4 N–H and O–H groups in total. The normalized spacial score (nSPS) is 23.1. The van der Waals surface area contributed by atoms with Crippen molar-refractivity contribution in [3.63, 3.8) is 0 Å². The molecule has 0 saturated heterocycles. The Balaban J connectivity index is 0.00000225. The standard InChI is InChI=1S/C16H22FN3O3S.ClH/c17-14-7-6-12(8-15(14)24(22,23)20-11-4-5-11)19-16(21)13-3-1-2-10(13)9-18;/h6-8,10-11,13,20H,1-5,9,18H2,(H,19,21);1H/t10-,13-;/m1./s1. The molecule has 0 aromatic heterocycles. The fraction of sp³-hybridized carbons (Fsp3) is 0.562. The SMILES string of the molecule is Cl.NC[C@H]1CCC[C@H]1C(=O)Nc1ccc(F)c(S(=O)(=O)NC2CC2)c1. The zero-order chi connectivity index (χ0) is 17.3. The van der Waals surface area contributed by atoms with Crippen LogP contribution < -0.4 is 15.8 Å². The van der Waals surface area contributed by atoms with Gasteiger partial charge in [0.2, 0.25) is 15.9 Å². The van der Waals surface area contributed by atoms with Gasteiger partial charge in [-0.2, -0.15) is 0 Å². The second kappa shape index (κ2) is 7.99. The predicted molar refractivity (Wildman–Crippen MR) is 95.5 cm³/mol. The van der Waals surface area contributed by atoms with Gasteiger partial charge in [-0.05, 0) is 56.3 Å². The molecule has 1 aromatic carbocycles. The maximum Gasteiger partial charge on any atom is 0.243 e. The molecule has 1 amide bonds. The van der Waals surface area contributed by atoms with Crippen LogP contribution in [0.25, 0.3) is 0 Å². The number of hydrogen-bond acceptors (Lipinski definition) is 4. The number of rotatable bonds is 6. The Kier molecular flexibility index (Phi) is 6.42. The number of amides is 1. The van der Waals surface area contributed by atoms with Crippen molar-refractivity contribution in [3.8, 4) is 0 Å². The summed E-state index contributed by atoms with van der Waals surface area (Å²) in [5.41, 5.74) is 5.97. The highest BCUT2D eigenvalue weighted by atomic mass is 35.5. The second-order valence-electron chi connectivity index (χ2n) is 6.56. The van der Waals surface area contributed by atoms with Crippen LogP contribution in [0.1, 0.15) is 32.1 Å². The van der Waals surface area contributed by atoms with Crippen molar-refractivity contribution < 1.29 is 17.6 Å². The molecule has 9 heteroatoms. The van der Waals surface area contributed by atoms with Crippen LogP contribution in [-0.4, -0.2) is 26.9 Å². The molecule has 0 aliphatic heterocycles. The van der Waals surface area contributed by atoms with Crippen molar-refractivity contribution in [3.05, 3.63) is 24.0 Å². The van der Waals surface area contributed by atoms with Gasteiger partial charge in [0.25, 0.3) is 0 Å². The van der Waals surface area contributed by atoms with E-state index in [9.17, 15) is 17.6 Å². The molecule has 0 radical (unpaired) electrons. The molecule has 2 aliphatic carbocycles. The Hall–Kier alpha value is -1.22. The van der Waals surface area contributed by atoms with Crippen LogP contribution >= 0.6 is 12.4 Å². The fourth-order valence-electron chi connectivity index (χ4n) is 3.17. The number of hydrogen-bond donors (Lipinski definition) is 3. The molecule has 1 aromatic rings. The van der Waals surface area contributed by atoms with E-state index in [-0.39, 0.29) is 41.9 Å². The van der Waals surface area contributed by atoms with Gasteiger partial charge < -0.3 is 11.1 Å². The zero-order valence-corrected chi connectivity index (χ0v) is 15.3. The third-order valence-corrected chi connectivity index (χ3v) is 6.22. The first-order chi connectivity index (χ1) is 11.4. The smallest absolute Gasteiger partial charge is 0.243 e. The van der Waals surface area contributed by atoms with Crippen LogP contribution in [0.2, 0.25) is 0 Å². The van der Waals surface area contributed by atoms with Gasteiger partial charge in [-0.3, -0.25) is 4.79 Å². The summed E-state index contributed by atoms with van der Waals surface area (Å²) >= 11 is 0. The van der Waals surface area contributed by atoms with Gasteiger partial charge in [0.15, 0.2) is 0 Å². The van der Waals surface area contributed by atoms with Crippen LogP contribution in [0.3, 0.4) is 0 Å². The predicted octanol–water partition coefficient (Wildman–Crippen LogP) is 2.00. The van der Waals surface area contributed by atoms with Crippen molar-refractivity contribution in [2.45, 2.75) is 43.0 Å². The molecule has 0 bridgehead atoms. The minimum Gasteiger partial charge on any atom is -0.330 e. The number of benzene rings is 1. The van der Waals surface area contributed by atoms with E-state index in [4.69, 9.17) is 5.73 Å². The minimum absolute atomic E-state index is 0. The minimum atomic E-state index is -3.92. The van der Waals surface area contributed by atoms with Gasteiger partial charge >= 0.3 is 0 Å². The molecule has 2 fully saturated rings. The topological polar surface area (TPSA) is 101 Å². The lowest BCUT2D eigenvalue weighted by Crippen LogP contribution is -2.30. The highest BCUT2D eigenvalue weighted by Crippen LogP contribution is 2.32. The lowest BCUT2D eigenvalue weighted by atomic mass is 9.95. The third kappa shape index (κ3) is 4.69. The van der Waals surface area contributed by atoms with E-state index >= 15 is 0 Å². The van der Waals surface area contributed by atoms with E-state index in [0.29, 0.717) is 6.54 Å². The van der Waals surface area contributed by atoms with Gasteiger partial charge in [-0.15, -0.1) is 12.4 Å². The summed E-state index contributed by atoms with van der Waals surface area (Å²) in [7, 11) is -3.92. The molecule has 0 heterocycles. The van der Waals surface area contributed by atoms with Gasteiger partial charge in [-0.1, -0.05) is 6.42 Å². The van der Waals surface area contributed by atoms with E-state index in [1.165, 1.54) is 12.1 Å². The molecule has 0 spiro atoms. The lowest BCUT2D eigenvalue weighted by molar-refractivity contribution is -0.120. The highest BCUT2D eigenvalue weighted by molar-refractivity contribution is 7.89. The number of nitrogens with two attached hydrogens (primary N) is 1. The number of nitrogens with one attached hydrogen (secondary N) is 2. The molecular formula is C16H23ClFN3O3S. The monoisotopic (exact) mass is 391 g/mol. The van der Waals surface area contributed by atoms with Crippen LogP contribution in [-0.2, 0) is 14.8 Å². The van der Waals surface area contributed by atoms with E-state index in [1.54, 1.807) is 0 Å². The van der Waals surface area contributed by atoms with Crippen LogP contribution in [0.5, 0.6) is 0 Å². The Morgan fingerprint density at radius 1 is 1.24 bits per heavy atom. The fourth-order valence-corrected chi connectivity index (χ4v) is 4.58. The maximum atomic E-state index is 13.9. The number of carbonyl (C=O) groups excluding carboxylic acids is 1. The van der Waals surface area contributed by atoms with Crippen molar-refractivity contribution >= 4 is 34.0 Å². The van der Waals surface area contributed by atoms with E-state index in [2.05, 4.69) is 10.0 Å². The quantitative estimate of drug-likeness (QED) is 0.690. The molecule has 2 saturated carbocycles. The summed E-state index contributed by atoms with van der Waals surface area (Å²) < 4.78 is 40.8. The van der Waals surface area contributed by atoms with E-state index < -0.39 is 20.7 Å². The number of carbonyl (C=O) groups is 1. The van der Waals surface area contributed by atoms with E-state index in [1.807, 2.05) is 0 Å². The average Bonchev–Trinajstić information content (AvgIpc) is 3.20. The third-order valence-electron chi connectivity index (χ3n) is 4.69. The van der Waals surface area contributed by atoms with Crippen LogP contribution in [0.15, 0.2) is 23.1 Å². The molecule has 3 rings (SSSR count). The first-order valence-electron chi connectivity index (χ1n) is 8.23. The Bertz CT molecular complexity index is 740. The van der Waals surface area contributed by atoms with Crippen molar-refractivity contribution in [1.29, 1.82) is 0 Å². The van der Waals surface area contributed by atoms with Crippen molar-refractivity contribution in [1.82, 2.24) is 4.72 Å². The Morgan fingerprint density at radius 2 is 1.96 bits per heavy atom. The van der Waals surface area contributed by atoms with E-state index in [0.717, 1.165) is 38.2 Å². The summed E-state index contributed by atoms with van der Waals surface area (Å²) in [5.74, 6) is -1.05. The summed E-state index contributed by atoms with van der Waals surface area (Å²) in [6, 6.07) is 3.49. The Labute approximate surface area is 153 Å². The largest absolute Gasteiger partial charge is 0.330 e. The molecule has 2 atom stereocenters. The zero-order valence-electron chi connectivity index (χ0n) is 13.7. The summed E-state index contributed by atoms with van der Waals surface area (Å²) in [6.45, 7) is 0.451. The van der Waals surface area contributed by atoms with Crippen molar-refractivity contribution in [2.24, 2.45) is 17.6 Å². The van der Waals surface area contributed by atoms with Gasteiger partial charge in [0.1, 0.15) is 10.7 Å². The van der Waals surface area contributed by atoms with Gasteiger partial charge in [0.05, 0.1) is 0 Å². The maximum absolute atomic E-state index is 13.9. The van der Waals surface area contributed by atoms with Gasteiger partial charge in [-0.25, -0.2) is 17.5 Å². The first-order valence-corrected chi connectivity index (χ1v) is 9.72. The molecule has 0 unspecified atom stereocenters. The summed E-state index contributed by atoms with van der Waals surface area (Å²) in [4.78, 5) is 12.0. The highest BCUT2D eigenvalue weighted by Gasteiger charge is 2.33. The summed E-state index contributed by atoms with van der Waals surface area (Å²) in [6.07, 6.45) is 4.17. The van der Waals surface area contributed by atoms with Gasteiger partial charge in [0, 0.05) is 17.6 Å². The van der Waals surface area contributed by atoms with Crippen LogP contribution in [0, 0.1) is 17.7 Å². The lowest BCUT2D eigenvalue weighted by Gasteiger charge is -2.18. The summed E-state index contributed by atoms with van der Waals surface area (Å²) in [5, 5.41) is 2.70. The van der Waals surface area contributed by atoms with Crippen LogP contribution in [0.4, 0.5) is 10.1 Å². The molecule has 6 nitrogen and oxygen atoms in total. The molecule has 2 aliphatic rings. The average molecular weight is 392 g/mol. The molecular weight excluding hydrogens is 369 g/mol.